The Morgan fingerprint density at radius 3 is 2.26 bits per heavy atom. The Balaban J connectivity index is 1.27. The third-order valence-corrected chi connectivity index (χ3v) is 6.63. The van der Waals surface area contributed by atoms with E-state index >= 15 is 0 Å². The van der Waals surface area contributed by atoms with Crippen molar-refractivity contribution < 1.29 is 14.3 Å². The van der Waals surface area contributed by atoms with E-state index in [9.17, 15) is 9.59 Å². The molecule has 0 unspecified atom stereocenters. The van der Waals surface area contributed by atoms with Crippen LogP contribution in [-0.4, -0.2) is 29.9 Å². The Labute approximate surface area is 204 Å². The molecule has 0 atom stereocenters. The molecule has 3 N–H and O–H groups in total. The van der Waals surface area contributed by atoms with Gasteiger partial charge < -0.3 is 20.4 Å². The number of ether oxygens (including phenoxy) is 1. The zero-order valence-corrected chi connectivity index (χ0v) is 19.8. The van der Waals surface area contributed by atoms with Crippen LogP contribution in [0.15, 0.2) is 72.8 Å². The van der Waals surface area contributed by atoms with Crippen molar-refractivity contribution in [3.05, 3.63) is 83.9 Å². The van der Waals surface area contributed by atoms with Gasteiger partial charge in [0.25, 0.3) is 11.8 Å². The van der Waals surface area contributed by atoms with E-state index in [4.69, 9.17) is 4.74 Å². The lowest BCUT2D eigenvalue weighted by atomic mass is 9.95. The van der Waals surface area contributed by atoms with Gasteiger partial charge in [0.05, 0.1) is 7.11 Å². The number of rotatable bonds is 6. The van der Waals surface area contributed by atoms with Gasteiger partial charge in [0.1, 0.15) is 5.75 Å². The number of amides is 2. The molecule has 6 heteroatoms. The largest absolute Gasteiger partial charge is 0.497 e. The Bertz CT molecular complexity index is 1330. The number of H-pyrrole nitrogens is 1. The molecule has 1 aliphatic rings. The van der Waals surface area contributed by atoms with Gasteiger partial charge in [0, 0.05) is 39.5 Å². The maximum Gasteiger partial charge on any atom is 0.255 e. The van der Waals surface area contributed by atoms with E-state index in [2.05, 4.69) is 21.7 Å². The number of aromatic nitrogens is 1. The van der Waals surface area contributed by atoms with Crippen LogP contribution in [0, 0.1) is 0 Å². The molecule has 0 aliphatic heterocycles. The van der Waals surface area contributed by atoms with Gasteiger partial charge in [0.2, 0.25) is 0 Å². The first-order valence-electron chi connectivity index (χ1n) is 12.1. The van der Waals surface area contributed by atoms with Crippen molar-refractivity contribution >= 4 is 28.4 Å². The molecular formula is C29H29N3O3. The van der Waals surface area contributed by atoms with Gasteiger partial charge in [-0.2, -0.15) is 0 Å². The lowest BCUT2D eigenvalue weighted by Gasteiger charge is -2.22. The second kappa shape index (κ2) is 10.1. The number of carbonyl (C=O) groups is 2. The molecular weight excluding hydrogens is 438 g/mol. The molecule has 0 bridgehead atoms. The van der Waals surface area contributed by atoms with Crippen LogP contribution >= 0.6 is 0 Å². The van der Waals surface area contributed by atoms with Gasteiger partial charge in [-0.05, 0) is 79.1 Å². The van der Waals surface area contributed by atoms with Gasteiger partial charge in [-0.1, -0.05) is 31.4 Å². The fourth-order valence-corrected chi connectivity index (χ4v) is 4.62. The first kappa shape index (κ1) is 22.7. The molecule has 0 saturated heterocycles. The van der Waals surface area contributed by atoms with E-state index in [0.717, 1.165) is 35.0 Å². The van der Waals surface area contributed by atoms with Crippen LogP contribution < -0.4 is 15.4 Å². The molecule has 4 aromatic rings. The number of anilines is 1. The number of fused-ring (bicyclic) bond motifs is 1. The van der Waals surface area contributed by atoms with Gasteiger partial charge >= 0.3 is 0 Å². The topological polar surface area (TPSA) is 83.2 Å². The molecule has 0 spiro atoms. The first-order chi connectivity index (χ1) is 17.1. The summed E-state index contributed by atoms with van der Waals surface area (Å²) < 4.78 is 5.14. The minimum absolute atomic E-state index is 0.00138. The Kier molecular flexibility index (Phi) is 6.53. The molecule has 1 aromatic heterocycles. The van der Waals surface area contributed by atoms with Gasteiger partial charge in [-0.15, -0.1) is 0 Å². The maximum absolute atomic E-state index is 12.7. The molecule has 3 aromatic carbocycles. The summed E-state index contributed by atoms with van der Waals surface area (Å²) >= 11 is 0. The number of nitrogens with one attached hydrogen (secondary N) is 3. The second-order valence-corrected chi connectivity index (χ2v) is 9.05. The number of methoxy groups -OCH3 is 1. The van der Waals surface area contributed by atoms with Crippen molar-refractivity contribution in [3.63, 3.8) is 0 Å². The fourth-order valence-electron chi connectivity index (χ4n) is 4.62. The molecule has 0 radical (unpaired) electrons. The molecule has 1 aliphatic carbocycles. The summed E-state index contributed by atoms with van der Waals surface area (Å²) in [6, 6.07) is 22.8. The summed E-state index contributed by atoms with van der Waals surface area (Å²) in [4.78, 5) is 28.7. The second-order valence-electron chi connectivity index (χ2n) is 9.05. The highest BCUT2D eigenvalue weighted by atomic mass is 16.5. The minimum atomic E-state index is -0.176. The number of benzene rings is 3. The Morgan fingerprint density at radius 2 is 1.54 bits per heavy atom. The predicted molar refractivity (Wildman–Crippen MR) is 139 cm³/mol. The lowest BCUT2D eigenvalue weighted by molar-refractivity contribution is 0.0927. The lowest BCUT2D eigenvalue weighted by Crippen LogP contribution is -2.36. The number of aromatic amines is 1. The van der Waals surface area contributed by atoms with Crippen molar-refractivity contribution in [1.29, 1.82) is 0 Å². The quantitative estimate of drug-likeness (QED) is 0.318. The van der Waals surface area contributed by atoms with E-state index in [1.165, 1.54) is 19.3 Å². The van der Waals surface area contributed by atoms with Crippen LogP contribution in [0.4, 0.5) is 5.69 Å². The smallest absolute Gasteiger partial charge is 0.255 e. The van der Waals surface area contributed by atoms with Gasteiger partial charge in [-0.3, -0.25) is 9.59 Å². The zero-order valence-electron chi connectivity index (χ0n) is 19.8. The summed E-state index contributed by atoms with van der Waals surface area (Å²) in [7, 11) is 1.59. The highest BCUT2D eigenvalue weighted by Gasteiger charge is 2.17. The van der Waals surface area contributed by atoms with Gasteiger partial charge in [0.15, 0.2) is 0 Å². The zero-order chi connectivity index (χ0) is 24.2. The van der Waals surface area contributed by atoms with Crippen LogP contribution in [0.3, 0.4) is 0 Å². The fraction of sp³-hybridized carbons (Fsp3) is 0.241. The average Bonchev–Trinajstić information content (AvgIpc) is 3.33. The van der Waals surface area contributed by atoms with Crippen molar-refractivity contribution in [3.8, 4) is 17.0 Å². The van der Waals surface area contributed by atoms with Crippen LogP contribution in [0.2, 0.25) is 0 Å². The third-order valence-electron chi connectivity index (χ3n) is 6.63. The molecule has 1 fully saturated rings. The SMILES string of the molecule is COc1ccc(C(=O)Nc2ccc(-c3cc4cc(C(=O)NC5CCCCC5)ccc4[nH]3)cc2)cc1. The normalized spacial score (nSPS) is 14.0. The van der Waals surface area contributed by atoms with Crippen LogP contribution in [0.1, 0.15) is 52.8 Å². The summed E-state index contributed by atoms with van der Waals surface area (Å²) in [5.74, 6) is 0.532. The van der Waals surface area contributed by atoms with Crippen molar-refractivity contribution in [2.45, 2.75) is 38.1 Å². The number of hydrogen-bond donors (Lipinski definition) is 3. The first-order valence-corrected chi connectivity index (χ1v) is 12.1. The summed E-state index contributed by atoms with van der Waals surface area (Å²) in [6.07, 6.45) is 5.78. The summed E-state index contributed by atoms with van der Waals surface area (Å²) in [6.45, 7) is 0. The molecule has 178 valence electrons. The highest BCUT2D eigenvalue weighted by molar-refractivity contribution is 6.04. The molecule has 35 heavy (non-hydrogen) atoms. The van der Waals surface area contributed by atoms with E-state index in [0.29, 0.717) is 22.6 Å². The van der Waals surface area contributed by atoms with Gasteiger partial charge in [-0.25, -0.2) is 0 Å². The van der Waals surface area contributed by atoms with Crippen LogP contribution in [0.25, 0.3) is 22.2 Å². The molecule has 5 rings (SSSR count). The summed E-state index contributed by atoms with van der Waals surface area (Å²) in [5, 5.41) is 7.10. The predicted octanol–water partition coefficient (Wildman–Crippen LogP) is 6.16. The van der Waals surface area contributed by atoms with E-state index < -0.39 is 0 Å². The van der Waals surface area contributed by atoms with E-state index in [1.807, 2.05) is 42.5 Å². The molecule has 2 amide bonds. The molecule has 6 nitrogen and oxygen atoms in total. The highest BCUT2D eigenvalue weighted by Crippen LogP contribution is 2.27. The summed E-state index contributed by atoms with van der Waals surface area (Å²) in [5.41, 5.74) is 4.90. The molecule has 1 saturated carbocycles. The standard InChI is InChI=1S/C29H29N3O3/c1-35-25-14-9-20(10-15-25)28(33)31-24-12-7-19(8-13-24)27-18-22-17-21(11-16-26(22)32-27)29(34)30-23-5-3-2-4-6-23/h7-18,23,32H,2-6H2,1H3,(H,30,34)(H,31,33). The van der Waals surface area contributed by atoms with Crippen molar-refractivity contribution in [2.75, 3.05) is 12.4 Å². The van der Waals surface area contributed by atoms with Crippen molar-refractivity contribution in [2.24, 2.45) is 0 Å². The average molecular weight is 468 g/mol. The molecule has 1 heterocycles. The van der Waals surface area contributed by atoms with Crippen molar-refractivity contribution in [1.82, 2.24) is 10.3 Å². The minimum Gasteiger partial charge on any atom is -0.497 e. The van der Waals surface area contributed by atoms with E-state index in [-0.39, 0.29) is 17.9 Å². The monoisotopic (exact) mass is 467 g/mol. The Morgan fingerprint density at radius 1 is 0.829 bits per heavy atom. The maximum atomic E-state index is 12.7. The third kappa shape index (κ3) is 5.22. The Hall–Kier alpha value is -4.06. The number of carbonyl (C=O) groups excluding carboxylic acids is 2. The van der Waals surface area contributed by atoms with Crippen LogP contribution in [0.5, 0.6) is 5.75 Å². The van der Waals surface area contributed by atoms with Crippen LogP contribution in [-0.2, 0) is 0 Å². The van der Waals surface area contributed by atoms with E-state index in [1.54, 1.807) is 31.4 Å². The number of hydrogen-bond acceptors (Lipinski definition) is 3.